The maximum absolute atomic E-state index is 14.1. The lowest BCUT2D eigenvalue weighted by atomic mass is 9.98. The predicted molar refractivity (Wildman–Crippen MR) is 101 cm³/mol. The summed E-state index contributed by atoms with van der Waals surface area (Å²) < 4.78 is 16.0. The van der Waals surface area contributed by atoms with Crippen molar-refractivity contribution in [3.63, 3.8) is 0 Å². The molecule has 0 spiro atoms. The Kier molecular flexibility index (Phi) is 4.79. The SMILES string of the molecule is NC(=S)N1N=C(c2ccc(Br)c(Br)c2)CC1c1ccccc1F. The summed E-state index contributed by atoms with van der Waals surface area (Å²) in [5.74, 6) is -0.285. The Morgan fingerprint density at radius 2 is 1.96 bits per heavy atom. The standard InChI is InChI=1S/C16H12Br2FN3S/c17-11-6-5-9(7-12(11)18)14-8-15(22(21-14)16(20)23)10-3-1-2-4-13(10)19/h1-7,15H,8H2,(H2,20,23). The van der Waals surface area contributed by atoms with Gasteiger partial charge in [0.2, 0.25) is 0 Å². The van der Waals surface area contributed by atoms with Gasteiger partial charge in [-0.05, 0) is 67.8 Å². The Bertz CT molecular complexity index is 810. The molecule has 1 aliphatic heterocycles. The second kappa shape index (κ2) is 6.67. The molecular formula is C16H12Br2FN3S. The summed E-state index contributed by atoms with van der Waals surface area (Å²) in [5.41, 5.74) is 8.08. The van der Waals surface area contributed by atoms with Crippen LogP contribution < -0.4 is 5.73 Å². The fraction of sp³-hybridized carbons (Fsp3) is 0.125. The van der Waals surface area contributed by atoms with Crippen LogP contribution in [0.4, 0.5) is 4.39 Å². The highest BCUT2D eigenvalue weighted by molar-refractivity contribution is 9.13. The largest absolute Gasteiger partial charge is 0.375 e. The van der Waals surface area contributed by atoms with E-state index in [1.807, 2.05) is 18.2 Å². The zero-order valence-electron chi connectivity index (χ0n) is 11.8. The van der Waals surface area contributed by atoms with Crippen LogP contribution in [0.15, 0.2) is 56.5 Å². The van der Waals surface area contributed by atoms with Crippen molar-refractivity contribution in [1.82, 2.24) is 5.01 Å². The van der Waals surface area contributed by atoms with Gasteiger partial charge < -0.3 is 5.73 Å². The molecule has 1 atom stereocenters. The summed E-state index contributed by atoms with van der Waals surface area (Å²) >= 11 is 12.0. The molecule has 3 rings (SSSR count). The molecule has 3 nitrogen and oxygen atoms in total. The van der Waals surface area contributed by atoms with Crippen LogP contribution >= 0.6 is 44.1 Å². The lowest BCUT2D eigenvalue weighted by Gasteiger charge is -2.22. The quantitative estimate of drug-likeness (QED) is 0.663. The average Bonchev–Trinajstić information content (AvgIpc) is 2.96. The van der Waals surface area contributed by atoms with Gasteiger partial charge >= 0.3 is 0 Å². The minimum absolute atomic E-state index is 0.129. The van der Waals surface area contributed by atoms with Crippen molar-refractivity contribution in [2.45, 2.75) is 12.5 Å². The molecule has 1 aliphatic rings. The molecule has 2 aromatic rings. The molecule has 0 fully saturated rings. The molecule has 23 heavy (non-hydrogen) atoms. The van der Waals surface area contributed by atoms with E-state index in [2.05, 4.69) is 37.0 Å². The van der Waals surface area contributed by atoms with Crippen molar-refractivity contribution < 1.29 is 4.39 Å². The highest BCUT2D eigenvalue weighted by Crippen LogP contribution is 2.35. The van der Waals surface area contributed by atoms with Gasteiger partial charge in [-0.25, -0.2) is 9.40 Å². The molecule has 118 valence electrons. The Balaban J connectivity index is 1.99. The van der Waals surface area contributed by atoms with Crippen molar-refractivity contribution in [2.24, 2.45) is 10.8 Å². The third kappa shape index (κ3) is 3.32. The molecule has 0 bridgehead atoms. The van der Waals surface area contributed by atoms with Crippen LogP contribution in [0.2, 0.25) is 0 Å². The Morgan fingerprint density at radius 1 is 1.22 bits per heavy atom. The zero-order chi connectivity index (χ0) is 16.6. The van der Waals surface area contributed by atoms with E-state index in [9.17, 15) is 4.39 Å². The van der Waals surface area contributed by atoms with E-state index in [0.29, 0.717) is 12.0 Å². The fourth-order valence-corrected chi connectivity index (χ4v) is 3.34. The first kappa shape index (κ1) is 16.5. The monoisotopic (exact) mass is 455 g/mol. The van der Waals surface area contributed by atoms with E-state index in [-0.39, 0.29) is 17.0 Å². The van der Waals surface area contributed by atoms with Gasteiger partial charge in [-0.2, -0.15) is 5.10 Å². The third-order valence-electron chi connectivity index (χ3n) is 3.65. The predicted octanol–water partition coefficient (Wildman–Crippen LogP) is 4.75. The van der Waals surface area contributed by atoms with Crippen LogP contribution in [0.25, 0.3) is 0 Å². The van der Waals surface area contributed by atoms with Crippen LogP contribution in [-0.2, 0) is 0 Å². The molecular weight excluding hydrogens is 445 g/mol. The maximum Gasteiger partial charge on any atom is 0.187 e. The highest BCUT2D eigenvalue weighted by Gasteiger charge is 2.32. The van der Waals surface area contributed by atoms with Crippen molar-refractivity contribution in [3.05, 3.63) is 68.4 Å². The number of hydrogen-bond donors (Lipinski definition) is 1. The van der Waals surface area contributed by atoms with Crippen LogP contribution in [-0.4, -0.2) is 15.8 Å². The van der Waals surface area contributed by atoms with E-state index < -0.39 is 0 Å². The molecule has 1 unspecified atom stereocenters. The molecule has 0 saturated heterocycles. The van der Waals surface area contributed by atoms with Crippen molar-refractivity contribution in [2.75, 3.05) is 0 Å². The molecule has 0 aliphatic carbocycles. The van der Waals surface area contributed by atoms with E-state index in [1.54, 1.807) is 18.2 Å². The molecule has 0 saturated carbocycles. The summed E-state index contributed by atoms with van der Waals surface area (Å²) in [6, 6.07) is 12.1. The van der Waals surface area contributed by atoms with Gasteiger partial charge in [-0.1, -0.05) is 24.3 Å². The molecule has 2 N–H and O–H groups in total. The van der Waals surface area contributed by atoms with Gasteiger partial charge in [0, 0.05) is 20.9 Å². The van der Waals surface area contributed by atoms with Gasteiger partial charge in [0.05, 0.1) is 11.8 Å². The first-order valence-corrected chi connectivity index (χ1v) is 8.83. The van der Waals surface area contributed by atoms with Gasteiger partial charge in [-0.3, -0.25) is 0 Å². The topological polar surface area (TPSA) is 41.6 Å². The first-order valence-electron chi connectivity index (χ1n) is 6.83. The molecule has 1 heterocycles. The minimum Gasteiger partial charge on any atom is -0.375 e. The number of thiocarbonyl (C=S) groups is 1. The van der Waals surface area contributed by atoms with Crippen LogP contribution in [0.3, 0.4) is 0 Å². The fourth-order valence-electron chi connectivity index (χ4n) is 2.55. The normalized spacial score (nSPS) is 17.3. The summed E-state index contributed by atoms with van der Waals surface area (Å²) in [6.45, 7) is 0. The summed E-state index contributed by atoms with van der Waals surface area (Å²) in [6.07, 6.45) is 0.534. The van der Waals surface area contributed by atoms with Crippen molar-refractivity contribution >= 4 is 54.9 Å². The molecule has 0 aromatic heterocycles. The van der Waals surface area contributed by atoms with Crippen LogP contribution in [0.5, 0.6) is 0 Å². The number of nitrogens with zero attached hydrogens (tertiary/aromatic N) is 2. The Labute approximate surface area is 155 Å². The second-order valence-electron chi connectivity index (χ2n) is 5.10. The van der Waals surface area contributed by atoms with Crippen molar-refractivity contribution in [1.29, 1.82) is 0 Å². The van der Waals surface area contributed by atoms with Gasteiger partial charge in [0.25, 0.3) is 0 Å². The highest BCUT2D eigenvalue weighted by atomic mass is 79.9. The van der Waals surface area contributed by atoms with Gasteiger partial charge in [0.1, 0.15) is 5.82 Å². The maximum atomic E-state index is 14.1. The summed E-state index contributed by atoms with van der Waals surface area (Å²) in [7, 11) is 0. The number of benzene rings is 2. The van der Waals surface area contributed by atoms with E-state index >= 15 is 0 Å². The minimum atomic E-state index is -0.328. The van der Waals surface area contributed by atoms with Crippen molar-refractivity contribution in [3.8, 4) is 0 Å². The Hall–Kier alpha value is -1.31. The second-order valence-corrected chi connectivity index (χ2v) is 7.23. The lowest BCUT2D eigenvalue weighted by Crippen LogP contribution is -2.32. The summed E-state index contributed by atoms with van der Waals surface area (Å²) in [4.78, 5) is 0. The van der Waals surface area contributed by atoms with Crippen LogP contribution in [0.1, 0.15) is 23.6 Å². The molecule has 0 radical (unpaired) electrons. The molecule has 7 heteroatoms. The number of hydrogen-bond acceptors (Lipinski definition) is 2. The van der Waals surface area contributed by atoms with E-state index in [4.69, 9.17) is 18.0 Å². The number of halogens is 3. The number of rotatable bonds is 2. The average molecular weight is 457 g/mol. The van der Waals surface area contributed by atoms with Crippen LogP contribution in [0, 0.1) is 5.82 Å². The van der Waals surface area contributed by atoms with E-state index in [0.717, 1.165) is 20.2 Å². The molecule has 2 aromatic carbocycles. The third-order valence-corrected chi connectivity index (χ3v) is 5.72. The number of hydrazone groups is 1. The molecule has 0 amide bonds. The van der Waals surface area contributed by atoms with Gasteiger partial charge in [0.15, 0.2) is 5.11 Å². The van der Waals surface area contributed by atoms with Gasteiger partial charge in [-0.15, -0.1) is 0 Å². The lowest BCUT2D eigenvalue weighted by molar-refractivity contribution is 0.361. The summed E-state index contributed by atoms with van der Waals surface area (Å²) in [5, 5.41) is 6.15. The first-order chi connectivity index (χ1) is 11.0. The Morgan fingerprint density at radius 3 is 2.61 bits per heavy atom. The van der Waals surface area contributed by atoms with E-state index in [1.165, 1.54) is 11.1 Å². The zero-order valence-corrected chi connectivity index (χ0v) is 15.8. The number of nitrogens with two attached hydrogens (primary N) is 1. The smallest absolute Gasteiger partial charge is 0.187 e.